The third-order valence-electron chi connectivity index (χ3n) is 3.23. The first-order valence-corrected chi connectivity index (χ1v) is 7.73. The molecule has 18 heavy (non-hydrogen) atoms. The molecule has 0 nitrogen and oxygen atoms in total. The minimum atomic E-state index is 0.343. The van der Waals surface area contributed by atoms with Crippen molar-refractivity contribution in [3.05, 3.63) is 69.2 Å². The number of alkyl halides is 1. The largest absolute Gasteiger partial charge is 0.0835 e. The maximum atomic E-state index is 3.79. The Bertz CT molecular complexity index is 547. The fraction of sp³-hybridized carbons (Fsp3) is 0.250. The molecule has 2 aromatic carbocycles. The van der Waals surface area contributed by atoms with Crippen molar-refractivity contribution in [1.29, 1.82) is 0 Å². The van der Waals surface area contributed by atoms with Crippen molar-refractivity contribution in [3.63, 3.8) is 0 Å². The minimum absolute atomic E-state index is 0.343. The molecule has 0 radical (unpaired) electrons. The van der Waals surface area contributed by atoms with Crippen LogP contribution in [0.25, 0.3) is 0 Å². The number of aryl methyl sites for hydroxylation is 2. The molecule has 2 aromatic rings. The summed E-state index contributed by atoms with van der Waals surface area (Å²) < 4.78 is 1.16. The van der Waals surface area contributed by atoms with Crippen molar-refractivity contribution < 1.29 is 0 Å². The smallest absolute Gasteiger partial charge is 0.0446 e. The summed E-state index contributed by atoms with van der Waals surface area (Å²) in [7, 11) is 0. The summed E-state index contributed by atoms with van der Waals surface area (Å²) in [4.78, 5) is 0.343. The average Bonchev–Trinajstić information content (AvgIpc) is 2.34. The monoisotopic (exact) mass is 366 g/mol. The van der Waals surface area contributed by atoms with Crippen molar-refractivity contribution in [2.75, 3.05) is 0 Å². The highest BCUT2D eigenvalue weighted by atomic mass is 79.9. The molecule has 0 N–H and O–H groups in total. The van der Waals surface area contributed by atoms with Gasteiger partial charge in [0.1, 0.15) is 0 Å². The predicted molar refractivity (Wildman–Crippen MR) is 85.4 cm³/mol. The van der Waals surface area contributed by atoms with Crippen molar-refractivity contribution in [3.8, 4) is 0 Å². The molecule has 0 aliphatic heterocycles. The fourth-order valence-corrected chi connectivity index (χ4v) is 3.62. The van der Waals surface area contributed by atoms with E-state index in [9.17, 15) is 0 Å². The summed E-state index contributed by atoms with van der Waals surface area (Å²) in [5, 5.41) is 0. The SMILES string of the molecule is Cc1ccc(CC(Br)c2ccccc2Br)cc1C. The van der Waals surface area contributed by atoms with E-state index in [1.165, 1.54) is 22.3 Å². The minimum Gasteiger partial charge on any atom is -0.0835 e. The Hall–Kier alpha value is -0.600. The van der Waals surface area contributed by atoms with E-state index in [2.05, 4.69) is 82.1 Å². The van der Waals surface area contributed by atoms with Crippen LogP contribution in [0.3, 0.4) is 0 Å². The van der Waals surface area contributed by atoms with Crippen molar-refractivity contribution in [1.82, 2.24) is 0 Å². The zero-order chi connectivity index (χ0) is 13.1. The molecule has 0 fully saturated rings. The van der Waals surface area contributed by atoms with Gasteiger partial charge in [-0.15, -0.1) is 0 Å². The Morgan fingerprint density at radius 1 is 1.00 bits per heavy atom. The van der Waals surface area contributed by atoms with Gasteiger partial charge in [0.25, 0.3) is 0 Å². The van der Waals surface area contributed by atoms with Gasteiger partial charge in [-0.05, 0) is 48.6 Å². The Balaban J connectivity index is 2.19. The Labute approximate surface area is 126 Å². The summed E-state index contributed by atoms with van der Waals surface area (Å²) in [6.45, 7) is 4.32. The zero-order valence-corrected chi connectivity index (χ0v) is 13.8. The van der Waals surface area contributed by atoms with Crippen LogP contribution in [0.4, 0.5) is 0 Å². The third kappa shape index (κ3) is 3.24. The van der Waals surface area contributed by atoms with E-state index in [0.29, 0.717) is 4.83 Å². The standard InChI is InChI=1S/C16H16Br2/c1-11-7-8-13(9-12(11)2)10-16(18)14-5-3-4-6-15(14)17/h3-9,16H,10H2,1-2H3. The van der Waals surface area contributed by atoms with Crippen LogP contribution < -0.4 is 0 Å². The number of rotatable bonds is 3. The molecule has 2 rings (SSSR count). The van der Waals surface area contributed by atoms with Gasteiger partial charge in [-0.25, -0.2) is 0 Å². The second kappa shape index (κ2) is 6.03. The Morgan fingerprint density at radius 2 is 1.72 bits per heavy atom. The van der Waals surface area contributed by atoms with E-state index in [4.69, 9.17) is 0 Å². The van der Waals surface area contributed by atoms with Crippen LogP contribution in [-0.4, -0.2) is 0 Å². The molecule has 2 heteroatoms. The second-order valence-corrected chi connectivity index (χ2v) is 6.57. The molecular formula is C16H16Br2. The van der Waals surface area contributed by atoms with Crippen LogP contribution in [0, 0.1) is 13.8 Å². The van der Waals surface area contributed by atoms with Crippen molar-refractivity contribution in [2.45, 2.75) is 25.1 Å². The van der Waals surface area contributed by atoms with E-state index in [-0.39, 0.29) is 0 Å². The van der Waals surface area contributed by atoms with Gasteiger partial charge in [0, 0.05) is 9.30 Å². The summed E-state index contributed by atoms with van der Waals surface area (Å²) in [5.74, 6) is 0. The maximum Gasteiger partial charge on any atom is 0.0446 e. The molecule has 0 amide bonds. The molecule has 0 saturated heterocycles. The van der Waals surface area contributed by atoms with Gasteiger partial charge >= 0.3 is 0 Å². The van der Waals surface area contributed by atoms with Gasteiger partial charge < -0.3 is 0 Å². The lowest BCUT2D eigenvalue weighted by molar-refractivity contribution is 0.940. The van der Waals surface area contributed by atoms with Gasteiger partial charge in [0.05, 0.1) is 0 Å². The quantitative estimate of drug-likeness (QED) is 0.606. The number of benzene rings is 2. The lowest BCUT2D eigenvalue weighted by Crippen LogP contribution is -1.97. The van der Waals surface area contributed by atoms with E-state index >= 15 is 0 Å². The highest BCUT2D eigenvalue weighted by Crippen LogP contribution is 2.32. The van der Waals surface area contributed by atoms with Crippen LogP contribution in [0.5, 0.6) is 0 Å². The molecule has 0 aromatic heterocycles. The molecule has 0 aliphatic rings. The van der Waals surface area contributed by atoms with Crippen LogP contribution in [0.15, 0.2) is 46.9 Å². The average molecular weight is 368 g/mol. The highest BCUT2D eigenvalue weighted by Gasteiger charge is 2.11. The van der Waals surface area contributed by atoms with E-state index < -0.39 is 0 Å². The van der Waals surface area contributed by atoms with E-state index in [0.717, 1.165) is 10.9 Å². The molecule has 94 valence electrons. The summed E-state index contributed by atoms with van der Waals surface area (Å²) in [5.41, 5.74) is 5.39. The van der Waals surface area contributed by atoms with Crippen LogP contribution in [-0.2, 0) is 6.42 Å². The van der Waals surface area contributed by atoms with Crippen molar-refractivity contribution in [2.24, 2.45) is 0 Å². The van der Waals surface area contributed by atoms with Crippen LogP contribution in [0.2, 0.25) is 0 Å². The summed E-state index contributed by atoms with van der Waals surface area (Å²) in [6.07, 6.45) is 1.00. The maximum absolute atomic E-state index is 3.79. The molecule has 1 atom stereocenters. The Morgan fingerprint density at radius 3 is 2.39 bits per heavy atom. The zero-order valence-electron chi connectivity index (χ0n) is 10.6. The lowest BCUT2D eigenvalue weighted by atomic mass is 10.0. The molecule has 0 bridgehead atoms. The van der Waals surface area contributed by atoms with Gasteiger partial charge in [-0.3, -0.25) is 0 Å². The van der Waals surface area contributed by atoms with Crippen LogP contribution in [0.1, 0.15) is 27.1 Å². The first kappa shape index (κ1) is 13.8. The van der Waals surface area contributed by atoms with Crippen molar-refractivity contribution >= 4 is 31.9 Å². The fourth-order valence-electron chi connectivity index (χ4n) is 1.98. The van der Waals surface area contributed by atoms with Gasteiger partial charge in [-0.1, -0.05) is 68.3 Å². The number of hydrogen-bond donors (Lipinski definition) is 0. The molecular weight excluding hydrogens is 352 g/mol. The topological polar surface area (TPSA) is 0 Å². The van der Waals surface area contributed by atoms with E-state index in [1.807, 2.05) is 6.07 Å². The third-order valence-corrected chi connectivity index (χ3v) is 4.77. The van der Waals surface area contributed by atoms with E-state index in [1.54, 1.807) is 0 Å². The summed E-state index contributed by atoms with van der Waals surface area (Å²) in [6, 6.07) is 15.1. The number of halogens is 2. The molecule has 0 spiro atoms. The molecule has 1 unspecified atom stereocenters. The highest BCUT2D eigenvalue weighted by molar-refractivity contribution is 9.11. The normalized spacial score (nSPS) is 12.4. The second-order valence-electron chi connectivity index (χ2n) is 4.61. The van der Waals surface area contributed by atoms with Gasteiger partial charge in [0.15, 0.2) is 0 Å². The first-order chi connectivity index (χ1) is 8.58. The molecule has 0 heterocycles. The number of hydrogen-bond acceptors (Lipinski definition) is 0. The predicted octanol–water partition coefficient (Wildman–Crippen LogP) is 5.74. The first-order valence-electron chi connectivity index (χ1n) is 6.02. The lowest BCUT2D eigenvalue weighted by Gasteiger charge is -2.13. The van der Waals surface area contributed by atoms with Crippen LogP contribution >= 0.6 is 31.9 Å². The summed E-state index contributed by atoms with van der Waals surface area (Å²) >= 11 is 7.39. The molecule has 0 saturated carbocycles. The van der Waals surface area contributed by atoms with Gasteiger partial charge in [0.2, 0.25) is 0 Å². The molecule has 0 aliphatic carbocycles. The Kier molecular flexibility index (Phi) is 4.63. The van der Waals surface area contributed by atoms with Gasteiger partial charge in [-0.2, -0.15) is 0 Å².